The van der Waals surface area contributed by atoms with Crippen molar-refractivity contribution in [2.45, 2.75) is 25.4 Å². The van der Waals surface area contributed by atoms with Gasteiger partial charge >= 0.3 is 0 Å². The minimum atomic E-state index is 0.427. The van der Waals surface area contributed by atoms with E-state index in [4.69, 9.17) is 4.74 Å². The van der Waals surface area contributed by atoms with E-state index in [1.807, 2.05) is 18.2 Å². The molecule has 0 aromatic carbocycles. The summed E-state index contributed by atoms with van der Waals surface area (Å²) in [6.45, 7) is 0. The van der Waals surface area contributed by atoms with E-state index in [-0.39, 0.29) is 0 Å². The molecular weight excluding hydrogens is 265 g/mol. The summed E-state index contributed by atoms with van der Waals surface area (Å²) in [4.78, 5) is 4.26. The van der Waals surface area contributed by atoms with Crippen LogP contribution in [0, 0.1) is 3.70 Å². The van der Waals surface area contributed by atoms with Gasteiger partial charge in [-0.1, -0.05) is 6.07 Å². The van der Waals surface area contributed by atoms with Crippen molar-refractivity contribution >= 4 is 22.6 Å². The molecule has 0 atom stereocenters. The second-order valence-corrected chi connectivity index (χ2v) is 4.07. The second kappa shape index (κ2) is 3.60. The van der Waals surface area contributed by atoms with Crippen LogP contribution in [0.1, 0.15) is 19.3 Å². The smallest absolute Gasteiger partial charge is 0.214 e. The molecule has 1 heterocycles. The zero-order chi connectivity index (χ0) is 8.39. The van der Waals surface area contributed by atoms with Gasteiger partial charge in [-0.3, -0.25) is 0 Å². The predicted molar refractivity (Wildman–Crippen MR) is 55.2 cm³/mol. The van der Waals surface area contributed by atoms with E-state index in [0.717, 1.165) is 9.58 Å². The number of nitrogens with zero attached hydrogens (tertiary/aromatic N) is 1. The molecule has 0 saturated heterocycles. The maximum Gasteiger partial charge on any atom is 0.214 e. The summed E-state index contributed by atoms with van der Waals surface area (Å²) in [5.41, 5.74) is 0. The van der Waals surface area contributed by atoms with E-state index >= 15 is 0 Å². The zero-order valence-corrected chi connectivity index (χ0v) is 8.82. The van der Waals surface area contributed by atoms with Crippen LogP contribution >= 0.6 is 22.6 Å². The van der Waals surface area contributed by atoms with Gasteiger partial charge in [0.1, 0.15) is 9.80 Å². The van der Waals surface area contributed by atoms with E-state index in [1.165, 1.54) is 19.3 Å². The van der Waals surface area contributed by atoms with E-state index < -0.39 is 0 Å². The van der Waals surface area contributed by atoms with Gasteiger partial charge in [0.05, 0.1) is 0 Å². The van der Waals surface area contributed by atoms with Crippen molar-refractivity contribution in [3.8, 4) is 5.88 Å². The first-order valence-corrected chi connectivity index (χ1v) is 5.22. The van der Waals surface area contributed by atoms with Crippen molar-refractivity contribution in [3.05, 3.63) is 21.9 Å². The third-order valence-corrected chi connectivity index (χ3v) is 2.63. The molecule has 2 rings (SSSR count). The van der Waals surface area contributed by atoms with Crippen molar-refractivity contribution in [1.82, 2.24) is 4.98 Å². The standard InChI is InChI=1S/C9H10INO/c10-8-5-2-6-9(11-8)12-7-3-1-4-7/h2,5-7H,1,3-4H2. The third-order valence-electron chi connectivity index (χ3n) is 2.03. The Morgan fingerprint density at radius 2 is 2.25 bits per heavy atom. The molecule has 12 heavy (non-hydrogen) atoms. The molecule has 1 aliphatic carbocycles. The maximum atomic E-state index is 5.62. The molecule has 64 valence electrons. The molecule has 1 fully saturated rings. The van der Waals surface area contributed by atoms with Crippen molar-refractivity contribution in [3.63, 3.8) is 0 Å². The van der Waals surface area contributed by atoms with Gasteiger partial charge in [0.25, 0.3) is 0 Å². The first kappa shape index (κ1) is 8.29. The number of pyridine rings is 1. The summed E-state index contributed by atoms with van der Waals surface area (Å²) in [7, 11) is 0. The SMILES string of the molecule is Ic1cccc(OC2CCC2)n1. The van der Waals surface area contributed by atoms with Crippen molar-refractivity contribution in [2.75, 3.05) is 0 Å². The van der Waals surface area contributed by atoms with Crippen molar-refractivity contribution in [2.24, 2.45) is 0 Å². The average molecular weight is 275 g/mol. The van der Waals surface area contributed by atoms with E-state index in [2.05, 4.69) is 27.6 Å². The van der Waals surface area contributed by atoms with Crippen LogP contribution in [0.4, 0.5) is 0 Å². The Balaban J connectivity index is 2.02. The first-order valence-electron chi connectivity index (χ1n) is 4.14. The quantitative estimate of drug-likeness (QED) is 0.611. The molecule has 0 radical (unpaired) electrons. The monoisotopic (exact) mass is 275 g/mol. The van der Waals surface area contributed by atoms with Crippen molar-refractivity contribution < 1.29 is 4.74 Å². The van der Waals surface area contributed by atoms with Crippen LogP contribution in [-0.4, -0.2) is 11.1 Å². The van der Waals surface area contributed by atoms with Gasteiger partial charge in [-0.15, -0.1) is 0 Å². The topological polar surface area (TPSA) is 22.1 Å². The summed E-state index contributed by atoms with van der Waals surface area (Å²) in [6.07, 6.45) is 4.10. The Hall–Kier alpha value is -0.320. The van der Waals surface area contributed by atoms with E-state index in [0.29, 0.717) is 6.10 Å². The second-order valence-electron chi connectivity index (χ2n) is 2.97. The Labute approximate surface area is 85.5 Å². The van der Waals surface area contributed by atoms with Gasteiger partial charge in [-0.05, 0) is 47.9 Å². The molecule has 0 aliphatic heterocycles. The van der Waals surface area contributed by atoms with Crippen LogP contribution in [0.15, 0.2) is 18.2 Å². The summed E-state index contributed by atoms with van der Waals surface area (Å²) in [6, 6.07) is 5.86. The molecule has 1 aromatic rings. The van der Waals surface area contributed by atoms with Crippen LogP contribution in [0.5, 0.6) is 5.88 Å². The maximum absolute atomic E-state index is 5.62. The molecule has 0 spiro atoms. The van der Waals surface area contributed by atoms with Crippen LogP contribution < -0.4 is 4.74 Å². The molecule has 1 saturated carbocycles. The zero-order valence-electron chi connectivity index (χ0n) is 6.66. The van der Waals surface area contributed by atoms with E-state index in [1.54, 1.807) is 0 Å². The van der Waals surface area contributed by atoms with Gasteiger partial charge in [-0.25, -0.2) is 4.98 Å². The molecule has 0 bridgehead atoms. The van der Waals surface area contributed by atoms with Crippen LogP contribution in [0.25, 0.3) is 0 Å². The third kappa shape index (κ3) is 1.88. The highest BCUT2D eigenvalue weighted by molar-refractivity contribution is 14.1. The molecule has 0 unspecified atom stereocenters. The fourth-order valence-electron chi connectivity index (χ4n) is 1.11. The van der Waals surface area contributed by atoms with Crippen LogP contribution in [0.2, 0.25) is 0 Å². The molecular formula is C9H10INO. The Kier molecular flexibility index (Phi) is 2.48. The molecule has 3 heteroatoms. The number of hydrogen-bond acceptors (Lipinski definition) is 2. The van der Waals surface area contributed by atoms with Gasteiger partial charge in [0.15, 0.2) is 0 Å². The molecule has 1 aromatic heterocycles. The lowest BCUT2D eigenvalue weighted by molar-refractivity contribution is 0.114. The normalized spacial score (nSPS) is 17.1. The van der Waals surface area contributed by atoms with Gasteiger partial charge in [-0.2, -0.15) is 0 Å². The fraction of sp³-hybridized carbons (Fsp3) is 0.444. The van der Waals surface area contributed by atoms with Crippen LogP contribution in [0.3, 0.4) is 0 Å². The predicted octanol–water partition coefficient (Wildman–Crippen LogP) is 2.62. The molecule has 0 amide bonds. The Morgan fingerprint density at radius 3 is 2.83 bits per heavy atom. The number of ether oxygens (including phenoxy) is 1. The summed E-state index contributed by atoms with van der Waals surface area (Å²) >= 11 is 2.19. The lowest BCUT2D eigenvalue weighted by atomic mass is 9.96. The first-order chi connectivity index (χ1) is 5.84. The number of halogens is 1. The highest BCUT2D eigenvalue weighted by Crippen LogP contribution is 2.23. The van der Waals surface area contributed by atoms with Gasteiger partial charge < -0.3 is 4.74 Å². The van der Waals surface area contributed by atoms with E-state index in [9.17, 15) is 0 Å². The number of rotatable bonds is 2. The lowest BCUT2D eigenvalue weighted by Crippen LogP contribution is -2.24. The minimum Gasteiger partial charge on any atom is -0.474 e. The average Bonchev–Trinajstić information content (AvgIpc) is 1.97. The fourth-order valence-corrected chi connectivity index (χ4v) is 1.56. The van der Waals surface area contributed by atoms with Crippen LogP contribution in [-0.2, 0) is 0 Å². The van der Waals surface area contributed by atoms with Gasteiger partial charge in [0, 0.05) is 6.07 Å². The molecule has 2 nitrogen and oxygen atoms in total. The highest BCUT2D eigenvalue weighted by atomic mass is 127. The summed E-state index contributed by atoms with van der Waals surface area (Å²) in [5, 5.41) is 0. The minimum absolute atomic E-state index is 0.427. The largest absolute Gasteiger partial charge is 0.474 e. The number of hydrogen-bond donors (Lipinski definition) is 0. The summed E-state index contributed by atoms with van der Waals surface area (Å²) in [5.74, 6) is 0.770. The Bertz CT molecular complexity index is 273. The Morgan fingerprint density at radius 1 is 1.42 bits per heavy atom. The molecule has 0 N–H and O–H groups in total. The highest BCUT2D eigenvalue weighted by Gasteiger charge is 2.19. The number of aromatic nitrogens is 1. The molecule has 1 aliphatic rings. The van der Waals surface area contributed by atoms with Crippen molar-refractivity contribution in [1.29, 1.82) is 0 Å². The summed E-state index contributed by atoms with van der Waals surface area (Å²) < 4.78 is 6.61. The van der Waals surface area contributed by atoms with Gasteiger partial charge in [0.2, 0.25) is 5.88 Å². The lowest BCUT2D eigenvalue weighted by Gasteiger charge is -2.25.